The summed E-state index contributed by atoms with van der Waals surface area (Å²) < 4.78 is 72.3. The first-order valence-electron chi connectivity index (χ1n) is 9.82. The molecule has 0 aromatic heterocycles. The second kappa shape index (κ2) is 12.6. The summed E-state index contributed by atoms with van der Waals surface area (Å²) in [6.45, 7) is 7.15. The minimum absolute atomic E-state index is 0.0141. The summed E-state index contributed by atoms with van der Waals surface area (Å²) in [7, 11) is -3.37. The first kappa shape index (κ1) is 25.9. The third-order valence-electron chi connectivity index (χ3n) is 4.03. The molecule has 8 nitrogen and oxygen atoms in total. The second-order valence-corrected chi connectivity index (χ2v) is 8.97. The molecule has 1 fully saturated rings. The summed E-state index contributed by atoms with van der Waals surface area (Å²) in [4.78, 5) is 6.36. The van der Waals surface area contributed by atoms with Crippen LogP contribution in [0, 0.1) is 0 Å². The molecule has 0 saturated carbocycles. The van der Waals surface area contributed by atoms with Crippen molar-refractivity contribution < 1.29 is 31.1 Å². The smallest absolute Gasteiger partial charge is 0.378 e. The minimum Gasteiger partial charge on any atom is -0.378 e. The average molecular weight is 447 g/mol. The van der Waals surface area contributed by atoms with Gasteiger partial charge in [-0.05, 0) is 27.2 Å². The van der Waals surface area contributed by atoms with Crippen LogP contribution in [0.5, 0.6) is 0 Å². The number of hydrogen-bond donors (Lipinski definition) is 1. The van der Waals surface area contributed by atoms with Gasteiger partial charge in [0.05, 0.1) is 18.5 Å². The molecule has 1 N–H and O–H groups in total. The lowest BCUT2D eigenvalue weighted by molar-refractivity contribution is -0.173. The number of ether oxygens (including phenoxy) is 2. The Kier molecular flexibility index (Phi) is 11.2. The molecule has 29 heavy (non-hydrogen) atoms. The van der Waals surface area contributed by atoms with Crippen LogP contribution in [-0.2, 0) is 19.5 Å². The summed E-state index contributed by atoms with van der Waals surface area (Å²) in [5, 5.41) is 3.13. The van der Waals surface area contributed by atoms with Crippen LogP contribution >= 0.6 is 0 Å². The van der Waals surface area contributed by atoms with Gasteiger partial charge in [-0.15, -0.1) is 0 Å². The van der Waals surface area contributed by atoms with E-state index in [2.05, 4.69) is 15.0 Å². The molecule has 1 rings (SSSR count). The number of alkyl halides is 3. The quantitative estimate of drug-likeness (QED) is 0.293. The number of nitrogens with zero attached hydrogens (tertiary/aromatic N) is 3. The molecule has 1 heterocycles. The highest BCUT2D eigenvalue weighted by Gasteiger charge is 2.28. The number of piperazine rings is 1. The van der Waals surface area contributed by atoms with Gasteiger partial charge >= 0.3 is 6.18 Å². The summed E-state index contributed by atoms with van der Waals surface area (Å²) in [5.74, 6) is 0.584. The fourth-order valence-corrected chi connectivity index (χ4v) is 3.95. The molecule has 0 aromatic carbocycles. The standard InChI is InChI=1S/C17H33F3N4O4S/c1-4-21-16(22-6-5-11-27-14-17(18,19)20)23-7-9-24(10-8-23)29(25,26)13-12-28-15(2)3/h15H,4-14H2,1-3H3,(H,21,22). The van der Waals surface area contributed by atoms with Crippen molar-refractivity contribution in [1.29, 1.82) is 0 Å². The fourth-order valence-electron chi connectivity index (χ4n) is 2.66. The third-order valence-corrected chi connectivity index (χ3v) is 5.87. The van der Waals surface area contributed by atoms with Crippen LogP contribution in [-0.4, -0.2) is 101 Å². The number of nitrogens with one attached hydrogen (secondary N) is 1. The summed E-state index contributed by atoms with van der Waals surface area (Å²) >= 11 is 0. The van der Waals surface area contributed by atoms with Crippen molar-refractivity contribution in [1.82, 2.24) is 14.5 Å². The van der Waals surface area contributed by atoms with E-state index in [1.54, 1.807) is 0 Å². The van der Waals surface area contributed by atoms with E-state index >= 15 is 0 Å². The van der Waals surface area contributed by atoms with E-state index in [0.717, 1.165) is 0 Å². The summed E-state index contributed by atoms with van der Waals surface area (Å²) in [5.41, 5.74) is 0. The first-order chi connectivity index (χ1) is 13.5. The number of hydrogen-bond acceptors (Lipinski definition) is 5. The van der Waals surface area contributed by atoms with Crippen molar-refractivity contribution in [2.45, 2.75) is 39.5 Å². The van der Waals surface area contributed by atoms with E-state index in [-0.39, 0.29) is 25.1 Å². The lowest BCUT2D eigenvalue weighted by atomic mass is 10.4. The molecular weight excluding hydrogens is 413 g/mol. The molecule has 172 valence electrons. The molecule has 0 spiro atoms. The van der Waals surface area contributed by atoms with Crippen molar-refractivity contribution in [2.75, 3.05) is 64.8 Å². The van der Waals surface area contributed by atoms with Gasteiger partial charge in [-0.3, -0.25) is 4.99 Å². The molecule has 1 aliphatic heterocycles. The van der Waals surface area contributed by atoms with Crippen LogP contribution in [0.3, 0.4) is 0 Å². The Labute approximate surface area is 171 Å². The highest BCUT2D eigenvalue weighted by atomic mass is 32.2. The van der Waals surface area contributed by atoms with E-state index in [0.29, 0.717) is 51.6 Å². The SMILES string of the molecule is CCNC(=NCCCOCC(F)(F)F)N1CCN(S(=O)(=O)CCOC(C)C)CC1. The zero-order valence-electron chi connectivity index (χ0n) is 17.4. The molecule has 0 atom stereocenters. The monoisotopic (exact) mass is 446 g/mol. The van der Waals surface area contributed by atoms with Crippen molar-refractivity contribution in [3.63, 3.8) is 0 Å². The molecular formula is C17H33F3N4O4S. The zero-order valence-corrected chi connectivity index (χ0v) is 18.2. The van der Waals surface area contributed by atoms with E-state index in [4.69, 9.17) is 4.74 Å². The van der Waals surface area contributed by atoms with Crippen LogP contribution in [0.15, 0.2) is 4.99 Å². The van der Waals surface area contributed by atoms with Crippen LogP contribution in [0.1, 0.15) is 27.2 Å². The maximum Gasteiger partial charge on any atom is 0.411 e. The van der Waals surface area contributed by atoms with E-state index in [1.165, 1.54) is 4.31 Å². The highest BCUT2D eigenvalue weighted by Crippen LogP contribution is 2.14. The predicted octanol–water partition coefficient (Wildman–Crippen LogP) is 1.29. The molecule has 0 aliphatic carbocycles. The van der Waals surface area contributed by atoms with Crippen molar-refractivity contribution in [3.8, 4) is 0 Å². The summed E-state index contributed by atoms with van der Waals surface area (Å²) in [6, 6.07) is 0. The van der Waals surface area contributed by atoms with Gasteiger partial charge in [0.15, 0.2) is 5.96 Å². The Morgan fingerprint density at radius 3 is 2.38 bits per heavy atom. The second-order valence-electron chi connectivity index (χ2n) is 6.88. The van der Waals surface area contributed by atoms with Gasteiger partial charge in [0, 0.05) is 45.9 Å². The van der Waals surface area contributed by atoms with Gasteiger partial charge in [0.2, 0.25) is 10.0 Å². The Bertz CT molecular complexity index is 592. The van der Waals surface area contributed by atoms with E-state index in [9.17, 15) is 21.6 Å². The first-order valence-corrected chi connectivity index (χ1v) is 11.4. The topological polar surface area (TPSA) is 83.5 Å². The number of guanidine groups is 1. The lowest BCUT2D eigenvalue weighted by Crippen LogP contribution is -2.54. The Balaban J connectivity index is 2.45. The van der Waals surface area contributed by atoms with Gasteiger partial charge in [0.25, 0.3) is 0 Å². The average Bonchev–Trinajstić information content (AvgIpc) is 2.62. The zero-order chi connectivity index (χ0) is 21.9. The number of sulfonamides is 1. The van der Waals surface area contributed by atoms with E-state index < -0.39 is 22.8 Å². The van der Waals surface area contributed by atoms with Crippen molar-refractivity contribution in [2.24, 2.45) is 4.99 Å². The normalized spacial score (nSPS) is 17.2. The Hall–Kier alpha value is -1.11. The maximum absolute atomic E-state index is 12.4. The van der Waals surface area contributed by atoms with Crippen LogP contribution < -0.4 is 5.32 Å². The maximum atomic E-state index is 12.4. The highest BCUT2D eigenvalue weighted by molar-refractivity contribution is 7.89. The largest absolute Gasteiger partial charge is 0.411 e. The molecule has 1 aliphatic rings. The van der Waals surface area contributed by atoms with Crippen LogP contribution in [0.2, 0.25) is 0 Å². The van der Waals surface area contributed by atoms with Gasteiger partial charge in [-0.25, -0.2) is 8.42 Å². The van der Waals surface area contributed by atoms with Crippen molar-refractivity contribution in [3.05, 3.63) is 0 Å². The van der Waals surface area contributed by atoms with Crippen molar-refractivity contribution >= 4 is 16.0 Å². The van der Waals surface area contributed by atoms with Gasteiger partial charge in [-0.1, -0.05) is 0 Å². The lowest BCUT2D eigenvalue weighted by Gasteiger charge is -2.36. The van der Waals surface area contributed by atoms with Gasteiger partial charge in [0.1, 0.15) is 6.61 Å². The van der Waals surface area contributed by atoms with Crippen LogP contribution in [0.4, 0.5) is 13.2 Å². The number of halogens is 3. The summed E-state index contributed by atoms with van der Waals surface area (Å²) in [6.07, 6.45) is -3.96. The Morgan fingerprint density at radius 2 is 1.83 bits per heavy atom. The molecule has 1 saturated heterocycles. The predicted molar refractivity (Wildman–Crippen MR) is 105 cm³/mol. The number of aliphatic imine (C=N–C) groups is 1. The molecule has 0 bridgehead atoms. The third kappa shape index (κ3) is 11.0. The minimum atomic E-state index is -4.32. The van der Waals surface area contributed by atoms with Gasteiger partial charge in [-0.2, -0.15) is 17.5 Å². The molecule has 0 radical (unpaired) electrons. The van der Waals surface area contributed by atoms with Gasteiger partial charge < -0.3 is 19.7 Å². The Morgan fingerprint density at radius 1 is 1.17 bits per heavy atom. The van der Waals surface area contributed by atoms with E-state index in [1.807, 2.05) is 25.7 Å². The molecule has 0 unspecified atom stereocenters. The fraction of sp³-hybridized carbons (Fsp3) is 0.941. The van der Waals surface area contributed by atoms with Crippen LogP contribution in [0.25, 0.3) is 0 Å². The molecule has 0 aromatic rings. The molecule has 0 amide bonds. The molecule has 12 heteroatoms. The number of rotatable bonds is 11.